The Bertz CT molecular complexity index is 1360. The minimum atomic E-state index is -0.542. The van der Waals surface area contributed by atoms with Gasteiger partial charge in [-0.2, -0.15) is 0 Å². The number of fused-ring (bicyclic) bond motifs is 1. The average Bonchev–Trinajstić information content (AvgIpc) is 3.20. The number of hydrogen-bond donors (Lipinski definition) is 2. The summed E-state index contributed by atoms with van der Waals surface area (Å²) in [4.78, 5) is 39.7. The van der Waals surface area contributed by atoms with Crippen LogP contribution >= 0.6 is 34.7 Å². The minimum Gasteiger partial charge on any atom is -0.322 e. The Labute approximate surface area is 201 Å². The summed E-state index contributed by atoms with van der Waals surface area (Å²) < 4.78 is 1.52. The summed E-state index contributed by atoms with van der Waals surface area (Å²) in [6.45, 7) is 0. The molecular weight excluding hydrogens is 484 g/mol. The Kier molecular flexibility index (Phi) is 6.87. The van der Waals surface area contributed by atoms with E-state index >= 15 is 0 Å². The summed E-state index contributed by atoms with van der Waals surface area (Å²) in [7, 11) is 0. The minimum absolute atomic E-state index is 0.0476. The van der Waals surface area contributed by atoms with Gasteiger partial charge in [0, 0.05) is 22.3 Å². The average molecular weight is 499 g/mol. The fraction of sp³-hybridized carbons (Fsp3) is 0.0455. The third-order valence-electron chi connectivity index (χ3n) is 4.43. The topological polar surface area (TPSA) is 114 Å². The van der Waals surface area contributed by atoms with Crippen LogP contribution in [0.15, 0.2) is 71.1 Å². The number of aromatic nitrogens is 1. The number of nitro benzene ring substituents is 1. The Morgan fingerprint density at radius 1 is 1.06 bits per heavy atom. The Morgan fingerprint density at radius 2 is 1.82 bits per heavy atom. The van der Waals surface area contributed by atoms with Crippen molar-refractivity contribution in [2.24, 2.45) is 0 Å². The lowest BCUT2D eigenvalue weighted by molar-refractivity contribution is -0.383. The SMILES string of the molecule is O=C(CSc1nc2ccc(NC(=O)c3ccc(Cl)cc3)cc2s1)Nc1ccccc1[N+](=O)[O-]. The van der Waals surface area contributed by atoms with Crippen molar-refractivity contribution in [3.05, 3.63) is 87.4 Å². The van der Waals surface area contributed by atoms with E-state index in [0.29, 0.717) is 20.6 Å². The number of nitro groups is 1. The van der Waals surface area contributed by atoms with E-state index in [-0.39, 0.29) is 28.9 Å². The molecule has 0 aliphatic carbocycles. The smallest absolute Gasteiger partial charge is 0.292 e. The summed E-state index contributed by atoms with van der Waals surface area (Å²) in [5.41, 5.74) is 1.84. The molecular formula is C22H15ClN4O4S2. The van der Waals surface area contributed by atoms with Gasteiger partial charge >= 0.3 is 0 Å². The highest BCUT2D eigenvalue weighted by atomic mass is 35.5. The highest BCUT2D eigenvalue weighted by Crippen LogP contribution is 2.32. The lowest BCUT2D eigenvalue weighted by Gasteiger charge is -2.05. The fourth-order valence-electron chi connectivity index (χ4n) is 2.90. The van der Waals surface area contributed by atoms with E-state index in [1.165, 1.54) is 41.3 Å². The maximum absolute atomic E-state index is 12.4. The van der Waals surface area contributed by atoms with Crippen molar-refractivity contribution >= 4 is 73.8 Å². The first-order chi connectivity index (χ1) is 15.9. The Balaban J connectivity index is 1.39. The van der Waals surface area contributed by atoms with Gasteiger partial charge in [0.05, 0.1) is 20.9 Å². The maximum atomic E-state index is 12.4. The Hall–Kier alpha value is -3.47. The number of benzene rings is 3. The highest BCUT2D eigenvalue weighted by molar-refractivity contribution is 8.01. The molecule has 8 nitrogen and oxygen atoms in total. The van der Waals surface area contributed by atoms with E-state index in [2.05, 4.69) is 15.6 Å². The molecule has 0 spiro atoms. The summed E-state index contributed by atoms with van der Waals surface area (Å²) >= 11 is 8.48. The van der Waals surface area contributed by atoms with Gasteiger partial charge in [0.1, 0.15) is 5.69 Å². The number of hydrogen-bond acceptors (Lipinski definition) is 7. The second-order valence-corrected chi connectivity index (χ2v) is 9.42. The van der Waals surface area contributed by atoms with Gasteiger partial charge in [-0.25, -0.2) is 4.98 Å². The van der Waals surface area contributed by atoms with E-state index < -0.39 is 4.92 Å². The van der Waals surface area contributed by atoms with Crippen LogP contribution < -0.4 is 10.6 Å². The second kappa shape index (κ2) is 9.99. The standard InChI is InChI=1S/C22H15ClN4O4S2/c23-14-7-5-13(6-8-14)21(29)24-15-9-10-17-19(11-15)33-22(26-17)32-12-20(28)25-16-3-1-2-4-18(16)27(30)31/h1-11H,12H2,(H,24,29)(H,25,28). The fourth-order valence-corrected chi connectivity index (χ4v) is 4.93. The lowest BCUT2D eigenvalue weighted by Crippen LogP contribution is -2.15. The van der Waals surface area contributed by atoms with Crippen molar-refractivity contribution in [1.82, 2.24) is 4.98 Å². The van der Waals surface area contributed by atoms with Gasteiger partial charge in [0.25, 0.3) is 11.6 Å². The number of nitrogens with zero attached hydrogens (tertiary/aromatic N) is 2. The number of nitrogens with one attached hydrogen (secondary N) is 2. The molecule has 33 heavy (non-hydrogen) atoms. The summed E-state index contributed by atoms with van der Waals surface area (Å²) in [5, 5.41) is 17.0. The maximum Gasteiger partial charge on any atom is 0.292 e. The van der Waals surface area contributed by atoms with E-state index in [4.69, 9.17) is 11.6 Å². The molecule has 2 N–H and O–H groups in total. The molecule has 0 aliphatic heterocycles. The molecule has 0 atom stereocenters. The van der Waals surface area contributed by atoms with Gasteiger partial charge in [-0.3, -0.25) is 19.7 Å². The molecule has 0 unspecified atom stereocenters. The molecule has 11 heteroatoms. The van der Waals surface area contributed by atoms with E-state index in [1.807, 2.05) is 6.07 Å². The van der Waals surface area contributed by atoms with Gasteiger partial charge in [0.2, 0.25) is 5.91 Å². The van der Waals surface area contributed by atoms with Crippen LogP contribution in [0, 0.1) is 10.1 Å². The van der Waals surface area contributed by atoms with Crippen molar-refractivity contribution in [3.8, 4) is 0 Å². The molecule has 0 saturated heterocycles. The quantitative estimate of drug-likeness (QED) is 0.188. The lowest BCUT2D eigenvalue weighted by atomic mass is 10.2. The summed E-state index contributed by atoms with van der Waals surface area (Å²) in [5.74, 6) is -0.576. The molecule has 1 aromatic heterocycles. The van der Waals surface area contributed by atoms with Gasteiger partial charge < -0.3 is 10.6 Å². The van der Waals surface area contributed by atoms with E-state index in [1.54, 1.807) is 42.5 Å². The van der Waals surface area contributed by atoms with Crippen LogP contribution in [0.1, 0.15) is 10.4 Å². The third-order valence-corrected chi connectivity index (χ3v) is 6.85. The highest BCUT2D eigenvalue weighted by Gasteiger charge is 2.16. The predicted octanol–water partition coefficient (Wildman–Crippen LogP) is 5.84. The molecule has 1 heterocycles. The van der Waals surface area contributed by atoms with Crippen LogP contribution in [-0.2, 0) is 4.79 Å². The first-order valence-electron chi connectivity index (χ1n) is 9.52. The molecule has 4 aromatic rings. The normalized spacial score (nSPS) is 10.7. The zero-order valence-corrected chi connectivity index (χ0v) is 19.2. The zero-order chi connectivity index (χ0) is 23.4. The Morgan fingerprint density at radius 3 is 2.58 bits per heavy atom. The van der Waals surface area contributed by atoms with Crippen LogP contribution in [-0.4, -0.2) is 27.5 Å². The number of anilines is 2. The van der Waals surface area contributed by atoms with Crippen molar-refractivity contribution in [2.45, 2.75) is 4.34 Å². The van der Waals surface area contributed by atoms with Crippen molar-refractivity contribution in [1.29, 1.82) is 0 Å². The molecule has 166 valence electrons. The number of carbonyl (C=O) groups excluding carboxylic acids is 2. The third kappa shape index (κ3) is 5.67. The first-order valence-corrected chi connectivity index (χ1v) is 11.7. The number of para-hydroxylation sites is 2. The van der Waals surface area contributed by atoms with Gasteiger partial charge in [0.15, 0.2) is 4.34 Å². The predicted molar refractivity (Wildman–Crippen MR) is 131 cm³/mol. The summed E-state index contributed by atoms with van der Waals surface area (Å²) in [6, 6.07) is 17.9. The summed E-state index contributed by atoms with van der Waals surface area (Å²) in [6.07, 6.45) is 0. The van der Waals surface area contributed by atoms with E-state index in [9.17, 15) is 19.7 Å². The molecule has 0 fully saturated rings. The van der Waals surface area contributed by atoms with Crippen molar-refractivity contribution in [3.63, 3.8) is 0 Å². The largest absolute Gasteiger partial charge is 0.322 e. The zero-order valence-electron chi connectivity index (χ0n) is 16.8. The molecule has 0 radical (unpaired) electrons. The van der Waals surface area contributed by atoms with Gasteiger partial charge in [-0.15, -0.1) is 11.3 Å². The second-order valence-electron chi connectivity index (χ2n) is 6.73. The van der Waals surface area contributed by atoms with Gasteiger partial charge in [-0.1, -0.05) is 35.5 Å². The van der Waals surface area contributed by atoms with Crippen LogP contribution in [0.2, 0.25) is 5.02 Å². The number of thioether (sulfide) groups is 1. The number of rotatable bonds is 7. The molecule has 0 bridgehead atoms. The van der Waals surface area contributed by atoms with Gasteiger partial charge in [-0.05, 0) is 48.5 Å². The van der Waals surface area contributed by atoms with Crippen molar-refractivity contribution < 1.29 is 14.5 Å². The monoisotopic (exact) mass is 498 g/mol. The van der Waals surface area contributed by atoms with Crippen LogP contribution in [0.5, 0.6) is 0 Å². The number of carbonyl (C=O) groups is 2. The van der Waals surface area contributed by atoms with Crippen LogP contribution in [0.25, 0.3) is 10.2 Å². The molecule has 0 saturated carbocycles. The number of halogens is 1. The number of thiazole rings is 1. The number of amides is 2. The molecule has 0 aliphatic rings. The van der Waals surface area contributed by atoms with E-state index in [0.717, 1.165) is 10.2 Å². The van der Waals surface area contributed by atoms with Crippen LogP contribution in [0.4, 0.5) is 17.1 Å². The first kappa shape index (κ1) is 22.7. The molecule has 4 rings (SSSR count). The van der Waals surface area contributed by atoms with Crippen molar-refractivity contribution in [2.75, 3.05) is 16.4 Å². The molecule has 3 aromatic carbocycles. The van der Waals surface area contributed by atoms with Crippen LogP contribution in [0.3, 0.4) is 0 Å². The molecule has 2 amide bonds.